The number of carbonyl (C=O) groups is 1. The summed E-state index contributed by atoms with van der Waals surface area (Å²) < 4.78 is 7.81. The molecule has 5 nitrogen and oxygen atoms in total. The van der Waals surface area contributed by atoms with Crippen LogP contribution in [0.4, 0.5) is 0 Å². The van der Waals surface area contributed by atoms with E-state index in [-0.39, 0.29) is 12.3 Å². The summed E-state index contributed by atoms with van der Waals surface area (Å²) >= 11 is 3.46. The van der Waals surface area contributed by atoms with Gasteiger partial charge in [0.15, 0.2) is 5.69 Å². The summed E-state index contributed by atoms with van der Waals surface area (Å²) in [4.78, 5) is 12.3. The van der Waals surface area contributed by atoms with Crippen molar-refractivity contribution in [2.75, 3.05) is 6.61 Å². The summed E-state index contributed by atoms with van der Waals surface area (Å²) in [5.74, 6) is -0.486. The van der Waals surface area contributed by atoms with Crippen LogP contribution in [0, 0.1) is 0 Å². The maximum Gasteiger partial charge on any atom is 0.359 e. The van der Waals surface area contributed by atoms with Crippen LogP contribution in [0.1, 0.15) is 48.4 Å². The van der Waals surface area contributed by atoms with Crippen molar-refractivity contribution < 1.29 is 14.6 Å². The topological polar surface area (TPSA) is 64.3 Å². The Labute approximate surface area is 143 Å². The molecule has 0 fully saturated rings. The van der Waals surface area contributed by atoms with Crippen LogP contribution in [0.3, 0.4) is 0 Å². The average Bonchev–Trinajstić information content (AvgIpc) is 2.88. The molecule has 1 aliphatic rings. The third-order valence-corrected chi connectivity index (χ3v) is 4.61. The maximum atomic E-state index is 12.3. The molecule has 1 aromatic heterocycles. The molecule has 0 bridgehead atoms. The number of fused-ring (bicyclic) bond motifs is 1. The highest BCUT2D eigenvalue weighted by atomic mass is 79.9. The molecule has 1 N–H and O–H groups in total. The standard InChI is InChI=1S/C17H19BrN2O3/c1-3-23-16(21)15-14-13(8-5-9-17(14,2)22)20(19-15)12-7-4-6-11(18)10-12/h4,6-7,10,22H,3,5,8-9H2,1-2H3. The largest absolute Gasteiger partial charge is 0.461 e. The lowest BCUT2D eigenvalue weighted by Gasteiger charge is -2.29. The first-order chi connectivity index (χ1) is 10.9. The van der Waals surface area contributed by atoms with Crippen LogP contribution >= 0.6 is 15.9 Å². The lowest BCUT2D eigenvalue weighted by atomic mass is 9.82. The number of rotatable bonds is 3. The normalized spacial score (nSPS) is 20.2. The molecule has 0 saturated heterocycles. The molecular formula is C17H19BrN2O3. The Hall–Kier alpha value is -1.66. The summed E-state index contributed by atoms with van der Waals surface area (Å²) in [7, 11) is 0. The Kier molecular flexibility index (Phi) is 4.29. The van der Waals surface area contributed by atoms with Crippen molar-refractivity contribution in [2.24, 2.45) is 0 Å². The predicted octanol–water partition coefficient (Wildman–Crippen LogP) is 3.36. The van der Waals surface area contributed by atoms with Gasteiger partial charge in [0.2, 0.25) is 0 Å². The van der Waals surface area contributed by atoms with Gasteiger partial charge in [0.05, 0.1) is 23.6 Å². The maximum absolute atomic E-state index is 12.3. The highest BCUT2D eigenvalue weighted by Gasteiger charge is 2.39. The molecular weight excluding hydrogens is 360 g/mol. The van der Waals surface area contributed by atoms with Gasteiger partial charge in [-0.3, -0.25) is 0 Å². The van der Waals surface area contributed by atoms with Gasteiger partial charge >= 0.3 is 5.97 Å². The van der Waals surface area contributed by atoms with E-state index in [0.29, 0.717) is 12.0 Å². The number of hydrogen-bond donors (Lipinski definition) is 1. The number of benzene rings is 1. The highest BCUT2D eigenvalue weighted by Crippen LogP contribution is 2.38. The van der Waals surface area contributed by atoms with Crippen molar-refractivity contribution in [3.63, 3.8) is 0 Å². The molecule has 1 atom stereocenters. The van der Waals surface area contributed by atoms with Gasteiger partial charge in [0.1, 0.15) is 0 Å². The zero-order valence-electron chi connectivity index (χ0n) is 13.2. The lowest BCUT2D eigenvalue weighted by molar-refractivity contribution is 0.0328. The number of hydrogen-bond acceptors (Lipinski definition) is 4. The van der Waals surface area contributed by atoms with Gasteiger partial charge in [-0.1, -0.05) is 22.0 Å². The second-order valence-corrected chi connectivity index (χ2v) is 6.83. The summed E-state index contributed by atoms with van der Waals surface area (Å²) in [5, 5.41) is 15.2. The Morgan fingerprint density at radius 3 is 3.00 bits per heavy atom. The molecule has 1 aromatic carbocycles. The Balaban J connectivity index is 2.21. The molecule has 6 heteroatoms. The van der Waals surface area contributed by atoms with Crippen molar-refractivity contribution in [3.8, 4) is 5.69 Å². The van der Waals surface area contributed by atoms with Crippen LogP contribution in [-0.4, -0.2) is 27.5 Å². The molecule has 0 aliphatic heterocycles. The number of nitrogens with zero attached hydrogens (tertiary/aromatic N) is 2. The molecule has 23 heavy (non-hydrogen) atoms. The van der Waals surface area contributed by atoms with Crippen molar-refractivity contribution in [2.45, 2.75) is 38.7 Å². The van der Waals surface area contributed by atoms with Gasteiger partial charge in [0.25, 0.3) is 0 Å². The van der Waals surface area contributed by atoms with E-state index >= 15 is 0 Å². The van der Waals surface area contributed by atoms with Crippen LogP contribution < -0.4 is 0 Å². The second kappa shape index (κ2) is 6.09. The molecule has 1 heterocycles. The fourth-order valence-corrected chi connectivity index (χ4v) is 3.53. The lowest BCUT2D eigenvalue weighted by Crippen LogP contribution is -2.29. The number of aliphatic hydroxyl groups is 1. The molecule has 3 rings (SSSR count). The quantitative estimate of drug-likeness (QED) is 0.831. The van der Waals surface area contributed by atoms with Gasteiger partial charge in [0, 0.05) is 10.0 Å². The molecule has 0 saturated carbocycles. The van der Waals surface area contributed by atoms with E-state index < -0.39 is 11.6 Å². The molecule has 2 aromatic rings. The summed E-state index contributed by atoms with van der Waals surface area (Å²) in [6, 6.07) is 7.71. The van der Waals surface area contributed by atoms with E-state index in [0.717, 1.165) is 28.7 Å². The molecule has 0 amide bonds. The molecule has 0 radical (unpaired) electrons. The summed E-state index contributed by atoms with van der Waals surface area (Å²) in [6.07, 6.45) is 2.23. The van der Waals surface area contributed by atoms with Gasteiger partial charge in [-0.2, -0.15) is 5.10 Å². The fraction of sp³-hybridized carbons (Fsp3) is 0.412. The van der Waals surface area contributed by atoms with E-state index in [1.54, 1.807) is 18.5 Å². The number of aromatic nitrogens is 2. The average molecular weight is 379 g/mol. The van der Waals surface area contributed by atoms with Crippen LogP contribution in [0.25, 0.3) is 5.69 Å². The smallest absolute Gasteiger partial charge is 0.359 e. The van der Waals surface area contributed by atoms with Crippen LogP contribution in [-0.2, 0) is 16.8 Å². The predicted molar refractivity (Wildman–Crippen MR) is 89.7 cm³/mol. The third-order valence-electron chi connectivity index (χ3n) is 4.12. The molecule has 1 unspecified atom stereocenters. The van der Waals surface area contributed by atoms with Crippen molar-refractivity contribution in [1.82, 2.24) is 9.78 Å². The summed E-state index contributed by atoms with van der Waals surface area (Å²) in [5.41, 5.74) is 1.47. The number of esters is 1. The minimum atomic E-state index is -1.07. The van der Waals surface area contributed by atoms with Crippen molar-refractivity contribution in [1.29, 1.82) is 0 Å². The monoisotopic (exact) mass is 378 g/mol. The summed E-state index contributed by atoms with van der Waals surface area (Å²) in [6.45, 7) is 3.77. The molecule has 1 aliphatic carbocycles. The van der Waals surface area contributed by atoms with E-state index in [9.17, 15) is 9.90 Å². The van der Waals surface area contributed by atoms with E-state index in [1.807, 2.05) is 24.3 Å². The van der Waals surface area contributed by atoms with E-state index in [2.05, 4.69) is 21.0 Å². The number of halogens is 1. The number of ether oxygens (including phenoxy) is 1. The third kappa shape index (κ3) is 2.93. The molecule has 0 spiro atoms. The first-order valence-corrected chi connectivity index (χ1v) is 8.51. The Morgan fingerprint density at radius 1 is 1.52 bits per heavy atom. The SMILES string of the molecule is CCOC(=O)c1nn(-c2cccc(Br)c2)c2c1C(C)(O)CCC2. The Morgan fingerprint density at radius 2 is 2.30 bits per heavy atom. The zero-order valence-corrected chi connectivity index (χ0v) is 14.8. The molecule has 122 valence electrons. The number of carbonyl (C=O) groups excluding carboxylic acids is 1. The van der Waals surface area contributed by atoms with Gasteiger partial charge in [-0.15, -0.1) is 0 Å². The van der Waals surface area contributed by atoms with E-state index in [1.165, 1.54) is 0 Å². The van der Waals surface area contributed by atoms with Crippen molar-refractivity contribution >= 4 is 21.9 Å². The minimum absolute atomic E-state index is 0.214. The Bertz CT molecular complexity index is 752. The van der Waals surface area contributed by atoms with Crippen LogP contribution in [0.15, 0.2) is 28.7 Å². The zero-order chi connectivity index (χ0) is 16.6. The first kappa shape index (κ1) is 16.2. The first-order valence-electron chi connectivity index (χ1n) is 7.72. The van der Waals surface area contributed by atoms with Gasteiger partial charge < -0.3 is 9.84 Å². The van der Waals surface area contributed by atoms with E-state index in [4.69, 9.17) is 4.74 Å². The van der Waals surface area contributed by atoms with Gasteiger partial charge in [-0.25, -0.2) is 9.48 Å². The minimum Gasteiger partial charge on any atom is -0.461 e. The highest BCUT2D eigenvalue weighted by molar-refractivity contribution is 9.10. The van der Waals surface area contributed by atoms with Crippen LogP contribution in [0.2, 0.25) is 0 Å². The van der Waals surface area contributed by atoms with Gasteiger partial charge in [-0.05, 0) is 51.3 Å². The second-order valence-electron chi connectivity index (χ2n) is 5.91. The van der Waals surface area contributed by atoms with Crippen molar-refractivity contribution in [3.05, 3.63) is 45.7 Å². The van der Waals surface area contributed by atoms with Crippen LogP contribution in [0.5, 0.6) is 0 Å². The fourth-order valence-electron chi connectivity index (χ4n) is 3.14.